The molecule has 1 aliphatic rings. The fourth-order valence-electron chi connectivity index (χ4n) is 4.36. The van der Waals surface area contributed by atoms with Crippen LogP contribution in [0.1, 0.15) is 5.56 Å². The number of carbonyl (C=O) groups is 4. The van der Waals surface area contributed by atoms with Crippen molar-refractivity contribution in [3.05, 3.63) is 95.3 Å². The third-order valence-electron chi connectivity index (χ3n) is 6.21. The van der Waals surface area contributed by atoms with Crippen LogP contribution in [0.5, 0.6) is 5.75 Å². The van der Waals surface area contributed by atoms with Crippen LogP contribution >= 0.6 is 11.6 Å². The molecule has 1 fully saturated rings. The number of imide groups is 1. The molecule has 0 saturated carbocycles. The molecule has 0 spiro atoms. The fourth-order valence-corrected chi connectivity index (χ4v) is 4.49. The van der Waals surface area contributed by atoms with E-state index in [0.717, 1.165) is 15.8 Å². The van der Waals surface area contributed by atoms with Gasteiger partial charge in [-0.25, -0.2) is 9.69 Å². The third kappa shape index (κ3) is 5.67. The summed E-state index contributed by atoms with van der Waals surface area (Å²) >= 11 is 5.91. The van der Waals surface area contributed by atoms with E-state index < -0.39 is 24.4 Å². The van der Waals surface area contributed by atoms with E-state index in [2.05, 4.69) is 16.0 Å². The van der Waals surface area contributed by atoms with Gasteiger partial charge in [-0.3, -0.25) is 14.4 Å². The van der Waals surface area contributed by atoms with Gasteiger partial charge in [0.05, 0.1) is 12.8 Å². The first kappa shape index (κ1) is 26.5. The van der Waals surface area contributed by atoms with Gasteiger partial charge >= 0.3 is 6.03 Å². The van der Waals surface area contributed by atoms with Crippen LogP contribution in [0.4, 0.5) is 16.2 Å². The number of benzene rings is 3. The lowest BCUT2D eigenvalue weighted by Crippen LogP contribution is -2.38. The van der Waals surface area contributed by atoms with Crippen LogP contribution in [0, 0.1) is 0 Å². The number of urea groups is 1. The highest BCUT2D eigenvalue weighted by atomic mass is 35.5. The number of hydrogen-bond donors (Lipinski definition) is 3. The van der Waals surface area contributed by atoms with Crippen molar-refractivity contribution in [2.24, 2.45) is 0 Å². The maximum atomic E-state index is 13.1. The molecule has 0 aliphatic carbocycles. The minimum absolute atomic E-state index is 0.0157. The number of fused-ring (bicyclic) bond motifs is 1. The minimum atomic E-state index is -0.711. The van der Waals surface area contributed by atoms with Crippen LogP contribution in [-0.4, -0.2) is 46.9 Å². The Labute approximate surface area is 234 Å². The molecule has 1 aromatic heterocycles. The Morgan fingerprint density at radius 3 is 2.40 bits per heavy atom. The summed E-state index contributed by atoms with van der Waals surface area (Å²) < 4.78 is 6.98. The Morgan fingerprint density at radius 2 is 1.62 bits per heavy atom. The van der Waals surface area contributed by atoms with Crippen molar-refractivity contribution in [1.82, 2.24) is 14.8 Å². The zero-order chi connectivity index (χ0) is 28.2. The van der Waals surface area contributed by atoms with E-state index in [1.807, 2.05) is 24.3 Å². The topological polar surface area (TPSA) is 122 Å². The van der Waals surface area contributed by atoms with Crippen LogP contribution < -0.4 is 20.7 Å². The quantitative estimate of drug-likeness (QED) is 0.218. The highest BCUT2D eigenvalue weighted by Crippen LogP contribution is 2.26. The molecule has 3 aromatic carbocycles. The van der Waals surface area contributed by atoms with Crippen LogP contribution in [-0.2, 0) is 20.9 Å². The number of aromatic nitrogens is 1. The zero-order valence-electron chi connectivity index (χ0n) is 21.3. The first-order chi connectivity index (χ1) is 19.3. The molecule has 5 rings (SSSR count). The third-order valence-corrected chi connectivity index (χ3v) is 6.46. The van der Waals surface area contributed by atoms with Gasteiger partial charge in [0.15, 0.2) is 0 Å². The molecule has 2 heterocycles. The molecule has 5 amide bonds. The van der Waals surface area contributed by atoms with Crippen molar-refractivity contribution in [3.8, 4) is 5.75 Å². The number of carbonyl (C=O) groups excluding carboxylic acids is 4. The summed E-state index contributed by atoms with van der Waals surface area (Å²) in [6.45, 7) is -0.464. The van der Waals surface area contributed by atoms with Gasteiger partial charge in [-0.05, 0) is 48.5 Å². The average molecular weight is 558 g/mol. The number of halogens is 1. The second-order valence-electron chi connectivity index (χ2n) is 8.91. The number of para-hydroxylation sites is 3. The van der Waals surface area contributed by atoms with Crippen molar-refractivity contribution in [1.29, 1.82) is 0 Å². The van der Waals surface area contributed by atoms with Crippen molar-refractivity contribution in [3.63, 3.8) is 0 Å². The smallest absolute Gasteiger partial charge is 0.329 e. The number of rotatable bonds is 8. The molecular formula is C29H24ClN5O5. The highest BCUT2D eigenvalue weighted by molar-refractivity contribution is 6.30. The van der Waals surface area contributed by atoms with E-state index in [1.165, 1.54) is 13.2 Å². The number of nitrogens with zero attached hydrogens (tertiary/aromatic N) is 2. The zero-order valence-corrected chi connectivity index (χ0v) is 22.1. The Kier molecular flexibility index (Phi) is 7.52. The van der Waals surface area contributed by atoms with Gasteiger partial charge < -0.3 is 25.3 Å². The van der Waals surface area contributed by atoms with Crippen molar-refractivity contribution in [2.75, 3.05) is 24.3 Å². The molecule has 11 heteroatoms. The molecule has 0 radical (unpaired) electrons. The molecule has 4 aromatic rings. The minimum Gasteiger partial charge on any atom is -0.495 e. The number of ether oxygens (including phenoxy) is 1. The Morgan fingerprint density at radius 1 is 0.925 bits per heavy atom. The molecule has 0 unspecified atom stereocenters. The Bertz CT molecular complexity index is 1660. The molecule has 10 nitrogen and oxygen atoms in total. The van der Waals surface area contributed by atoms with Gasteiger partial charge in [-0.2, -0.15) is 0 Å². The first-order valence-corrected chi connectivity index (χ1v) is 12.6. The molecule has 1 saturated heterocycles. The van der Waals surface area contributed by atoms with E-state index in [4.69, 9.17) is 16.3 Å². The largest absolute Gasteiger partial charge is 0.495 e. The van der Waals surface area contributed by atoms with Crippen LogP contribution in [0.2, 0.25) is 5.02 Å². The van der Waals surface area contributed by atoms with E-state index in [9.17, 15) is 19.2 Å². The Balaban J connectivity index is 1.33. The molecule has 0 bridgehead atoms. The second-order valence-corrected chi connectivity index (χ2v) is 9.35. The van der Waals surface area contributed by atoms with Crippen LogP contribution in [0.15, 0.2) is 84.7 Å². The second kappa shape index (κ2) is 11.3. The summed E-state index contributed by atoms with van der Waals surface area (Å²) in [6, 6.07) is 20.3. The number of amides is 5. The Hall–Kier alpha value is -5.09. The summed E-state index contributed by atoms with van der Waals surface area (Å²) in [5.41, 5.74) is 2.45. The summed E-state index contributed by atoms with van der Waals surface area (Å²) in [7, 11) is 1.47. The highest BCUT2D eigenvalue weighted by Gasteiger charge is 2.35. The molecular weight excluding hydrogens is 534 g/mol. The standard InChI is InChI=1S/C29H24ClN5O5/c1-40-25-9-5-3-7-22(25)32-27(37)17-35-28(38)23(33-29(35)39)14-18-15-34(24-8-4-2-6-21(18)24)16-26(36)31-20-12-10-19(30)11-13-20/h2-15H,16-17H2,1H3,(H,31,36)(H,32,37)(H,33,39)/b23-14+. The van der Waals surface area contributed by atoms with Crippen molar-refractivity contribution >= 4 is 63.7 Å². The molecule has 40 heavy (non-hydrogen) atoms. The molecule has 3 N–H and O–H groups in total. The number of anilines is 2. The van der Waals surface area contributed by atoms with Crippen molar-refractivity contribution < 1.29 is 23.9 Å². The van der Waals surface area contributed by atoms with E-state index in [-0.39, 0.29) is 18.1 Å². The summed E-state index contributed by atoms with van der Waals surface area (Å²) in [6.07, 6.45) is 3.27. The maximum Gasteiger partial charge on any atom is 0.329 e. The average Bonchev–Trinajstić information content (AvgIpc) is 3.41. The first-order valence-electron chi connectivity index (χ1n) is 12.2. The monoisotopic (exact) mass is 557 g/mol. The van der Waals surface area contributed by atoms with Gasteiger partial charge in [-0.15, -0.1) is 0 Å². The van der Waals surface area contributed by atoms with E-state index in [0.29, 0.717) is 27.7 Å². The van der Waals surface area contributed by atoms with Gasteiger partial charge in [0.1, 0.15) is 24.5 Å². The molecule has 0 atom stereocenters. The lowest BCUT2D eigenvalue weighted by molar-refractivity contribution is -0.127. The van der Waals surface area contributed by atoms with Crippen molar-refractivity contribution in [2.45, 2.75) is 6.54 Å². The van der Waals surface area contributed by atoms with Gasteiger partial charge in [-0.1, -0.05) is 41.9 Å². The summed E-state index contributed by atoms with van der Waals surface area (Å²) in [5.74, 6) is -0.998. The predicted octanol–water partition coefficient (Wildman–Crippen LogP) is 4.47. The van der Waals surface area contributed by atoms with E-state index in [1.54, 1.807) is 59.3 Å². The SMILES string of the molecule is COc1ccccc1NC(=O)CN1C(=O)N/C(=C/c2cn(CC(=O)Nc3ccc(Cl)cc3)c3ccccc23)C1=O. The molecule has 202 valence electrons. The summed E-state index contributed by atoms with van der Waals surface area (Å²) in [5, 5.41) is 9.37. The molecule has 1 aliphatic heterocycles. The fraction of sp³-hybridized carbons (Fsp3) is 0.103. The summed E-state index contributed by atoms with van der Waals surface area (Å²) in [4.78, 5) is 51.8. The van der Waals surface area contributed by atoms with Gasteiger partial charge in [0.2, 0.25) is 11.8 Å². The van der Waals surface area contributed by atoms with Gasteiger partial charge in [0, 0.05) is 33.4 Å². The lowest BCUT2D eigenvalue weighted by Gasteiger charge is -2.13. The maximum absolute atomic E-state index is 13.1. The lowest BCUT2D eigenvalue weighted by atomic mass is 10.1. The number of hydrogen-bond acceptors (Lipinski definition) is 5. The van der Waals surface area contributed by atoms with Crippen LogP contribution in [0.25, 0.3) is 17.0 Å². The predicted molar refractivity (Wildman–Crippen MR) is 152 cm³/mol. The van der Waals surface area contributed by atoms with E-state index >= 15 is 0 Å². The normalized spacial score (nSPS) is 13.9. The van der Waals surface area contributed by atoms with Gasteiger partial charge in [0.25, 0.3) is 5.91 Å². The number of methoxy groups -OCH3 is 1. The van der Waals surface area contributed by atoms with Crippen LogP contribution in [0.3, 0.4) is 0 Å². The number of nitrogens with one attached hydrogen (secondary N) is 3.